The summed E-state index contributed by atoms with van der Waals surface area (Å²) >= 11 is 0. The highest BCUT2D eigenvalue weighted by atomic mass is 32.2. The van der Waals surface area contributed by atoms with Crippen LogP contribution in [0.5, 0.6) is 0 Å². The zero-order valence-corrected chi connectivity index (χ0v) is 12.5. The summed E-state index contributed by atoms with van der Waals surface area (Å²) in [4.78, 5) is -0.378. The van der Waals surface area contributed by atoms with Gasteiger partial charge in [-0.15, -0.1) is 0 Å². The number of nitrogens with one attached hydrogen (secondary N) is 1. The Labute approximate surface area is 117 Å². The minimum absolute atomic E-state index is 0.116. The third-order valence-corrected chi connectivity index (χ3v) is 4.89. The first-order valence-electron chi connectivity index (χ1n) is 6.27. The fourth-order valence-corrected chi connectivity index (χ4v) is 2.74. The average Bonchev–Trinajstić information content (AvgIpc) is 2.38. The molecule has 0 aliphatic heterocycles. The van der Waals surface area contributed by atoms with Crippen LogP contribution < -0.4 is 4.72 Å². The van der Waals surface area contributed by atoms with E-state index in [1.54, 1.807) is 6.92 Å². The molecule has 0 amide bonds. The lowest BCUT2D eigenvalue weighted by Crippen LogP contribution is -2.45. The van der Waals surface area contributed by atoms with Gasteiger partial charge in [0.05, 0.1) is 10.5 Å². The van der Waals surface area contributed by atoms with Crippen LogP contribution in [0.15, 0.2) is 23.1 Å². The van der Waals surface area contributed by atoms with E-state index in [1.165, 1.54) is 6.92 Å². The first kappa shape index (κ1) is 17.0. The molecule has 7 heteroatoms. The van der Waals surface area contributed by atoms with Crippen molar-refractivity contribution in [2.24, 2.45) is 5.92 Å². The lowest BCUT2D eigenvalue weighted by molar-refractivity contribution is 0.0102. The standard InChI is InChI=1S/C13H19F2NO3S/c1-4-9(2)13(3,17)8-16-20(18,19)10-5-6-11(14)12(15)7-10/h5-7,9,16-17H,4,8H2,1-3H3. The lowest BCUT2D eigenvalue weighted by Gasteiger charge is -2.29. The van der Waals surface area contributed by atoms with Crippen molar-refractivity contribution in [3.8, 4) is 0 Å². The largest absolute Gasteiger partial charge is 0.389 e. The zero-order chi connectivity index (χ0) is 15.6. The maximum absolute atomic E-state index is 13.0. The predicted molar refractivity (Wildman–Crippen MR) is 71.6 cm³/mol. The molecule has 1 aromatic carbocycles. The van der Waals surface area contributed by atoms with Crippen LogP contribution in [-0.4, -0.2) is 25.7 Å². The highest BCUT2D eigenvalue weighted by Crippen LogP contribution is 2.20. The average molecular weight is 307 g/mol. The van der Waals surface area contributed by atoms with E-state index in [2.05, 4.69) is 4.72 Å². The number of sulfonamides is 1. The Morgan fingerprint density at radius 3 is 2.45 bits per heavy atom. The normalized spacial score (nSPS) is 16.7. The molecule has 0 bridgehead atoms. The summed E-state index contributed by atoms with van der Waals surface area (Å²) < 4.78 is 51.9. The van der Waals surface area contributed by atoms with Gasteiger partial charge < -0.3 is 5.11 Å². The number of benzene rings is 1. The van der Waals surface area contributed by atoms with Crippen molar-refractivity contribution in [3.05, 3.63) is 29.8 Å². The van der Waals surface area contributed by atoms with Gasteiger partial charge in [-0.3, -0.25) is 0 Å². The number of hydrogen-bond donors (Lipinski definition) is 2. The fraction of sp³-hybridized carbons (Fsp3) is 0.538. The van der Waals surface area contributed by atoms with Crippen molar-refractivity contribution in [2.45, 2.75) is 37.7 Å². The van der Waals surface area contributed by atoms with E-state index in [9.17, 15) is 22.3 Å². The highest BCUT2D eigenvalue weighted by molar-refractivity contribution is 7.89. The maximum Gasteiger partial charge on any atom is 0.240 e. The molecule has 114 valence electrons. The van der Waals surface area contributed by atoms with Crippen molar-refractivity contribution < 1.29 is 22.3 Å². The van der Waals surface area contributed by atoms with Crippen molar-refractivity contribution in [1.82, 2.24) is 4.72 Å². The van der Waals surface area contributed by atoms with Gasteiger partial charge in [0.25, 0.3) is 0 Å². The lowest BCUT2D eigenvalue weighted by atomic mass is 9.89. The number of aliphatic hydroxyl groups is 1. The van der Waals surface area contributed by atoms with E-state index in [1.807, 2.05) is 6.92 Å². The van der Waals surface area contributed by atoms with Crippen LogP contribution >= 0.6 is 0 Å². The smallest absolute Gasteiger partial charge is 0.240 e. The van der Waals surface area contributed by atoms with Crippen molar-refractivity contribution in [1.29, 1.82) is 0 Å². The third-order valence-electron chi connectivity index (χ3n) is 3.50. The van der Waals surface area contributed by atoms with Gasteiger partial charge in [-0.25, -0.2) is 21.9 Å². The minimum atomic E-state index is -3.99. The minimum Gasteiger partial charge on any atom is -0.389 e. The molecule has 0 radical (unpaired) electrons. The predicted octanol–water partition coefficient (Wildman–Crippen LogP) is 2.04. The molecule has 2 atom stereocenters. The quantitative estimate of drug-likeness (QED) is 0.845. The Bertz CT molecular complexity index is 573. The van der Waals surface area contributed by atoms with Crippen LogP contribution in [0.4, 0.5) is 8.78 Å². The monoisotopic (exact) mass is 307 g/mol. The van der Waals surface area contributed by atoms with Gasteiger partial charge in [0.2, 0.25) is 10.0 Å². The van der Waals surface area contributed by atoms with E-state index >= 15 is 0 Å². The molecule has 0 aliphatic carbocycles. The second kappa shape index (κ2) is 6.15. The molecule has 0 aromatic heterocycles. The summed E-state index contributed by atoms with van der Waals surface area (Å²) in [5.74, 6) is -2.47. The van der Waals surface area contributed by atoms with E-state index in [0.717, 1.165) is 12.1 Å². The van der Waals surface area contributed by atoms with Crippen LogP contribution in [0.1, 0.15) is 27.2 Å². The van der Waals surface area contributed by atoms with E-state index in [4.69, 9.17) is 0 Å². The Kier molecular flexibility index (Phi) is 5.23. The van der Waals surface area contributed by atoms with Gasteiger partial charge >= 0.3 is 0 Å². The molecular formula is C13H19F2NO3S. The summed E-state index contributed by atoms with van der Waals surface area (Å²) in [5, 5.41) is 10.1. The third kappa shape index (κ3) is 3.97. The van der Waals surface area contributed by atoms with Crippen molar-refractivity contribution >= 4 is 10.0 Å². The van der Waals surface area contributed by atoms with Crippen LogP contribution in [0.2, 0.25) is 0 Å². The summed E-state index contributed by atoms with van der Waals surface area (Å²) in [7, 11) is -3.99. The highest BCUT2D eigenvalue weighted by Gasteiger charge is 2.29. The molecular weight excluding hydrogens is 288 g/mol. The summed E-state index contributed by atoms with van der Waals surface area (Å²) in [6.07, 6.45) is 0.680. The second-order valence-electron chi connectivity index (χ2n) is 5.07. The molecule has 0 fully saturated rings. The van der Waals surface area contributed by atoms with Crippen LogP contribution in [-0.2, 0) is 10.0 Å². The van der Waals surface area contributed by atoms with Crippen LogP contribution in [0.25, 0.3) is 0 Å². The topological polar surface area (TPSA) is 66.4 Å². The van der Waals surface area contributed by atoms with E-state index in [-0.39, 0.29) is 17.4 Å². The number of hydrogen-bond acceptors (Lipinski definition) is 3. The molecule has 0 saturated carbocycles. The molecule has 0 spiro atoms. The first-order valence-corrected chi connectivity index (χ1v) is 7.75. The molecule has 4 nitrogen and oxygen atoms in total. The number of halogens is 2. The van der Waals surface area contributed by atoms with Gasteiger partial charge in [-0.05, 0) is 31.0 Å². The van der Waals surface area contributed by atoms with Gasteiger partial charge in [-0.2, -0.15) is 0 Å². The van der Waals surface area contributed by atoms with Crippen LogP contribution in [0, 0.1) is 17.6 Å². The molecule has 0 aliphatic rings. The molecule has 1 rings (SSSR count). The Balaban J connectivity index is 2.88. The first-order chi connectivity index (χ1) is 9.10. The van der Waals surface area contributed by atoms with Gasteiger partial charge in [0, 0.05) is 6.54 Å². The molecule has 0 saturated heterocycles. The van der Waals surface area contributed by atoms with Gasteiger partial charge in [0.15, 0.2) is 11.6 Å². The molecule has 2 unspecified atom stereocenters. The molecule has 0 heterocycles. The summed E-state index contributed by atoms with van der Waals surface area (Å²) in [5.41, 5.74) is -1.22. The van der Waals surface area contributed by atoms with Crippen molar-refractivity contribution in [2.75, 3.05) is 6.54 Å². The number of rotatable bonds is 6. The van der Waals surface area contributed by atoms with E-state index in [0.29, 0.717) is 12.5 Å². The zero-order valence-electron chi connectivity index (χ0n) is 11.7. The maximum atomic E-state index is 13.0. The summed E-state index contributed by atoms with van der Waals surface area (Å²) in [6, 6.07) is 2.32. The molecule has 1 aromatic rings. The molecule has 20 heavy (non-hydrogen) atoms. The Hall–Kier alpha value is -1.05. The van der Waals surface area contributed by atoms with Gasteiger partial charge in [0.1, 0.15) is 0 Å². The van der Waals surface area contributed by atoms with E-state index < -0.39 is 27.3 Å². The SMILES string of the molecule is CCC(C)C(C)(O)CNS(=O)(=O)c1ccc(F)c(F)c1. The second-order valence-corrected chi connectivity index (χ2v) is 6.83. The Morgan fingerprint density at radius 1 is 1.35 bits per heavy atom. The van der Waals surface area contributed by atoms with Crippen LogP contribution in [0.3, 0.4) is 0 Å². The summed E-state index contributed by atoms with van der Waals surface area (Å²) in [6.45, 7) is 4.99. The van der Waals surface area contributed by atoms with Gasteiger partial charge in [-0.1, -0.05) is 20.3 Å². The van der Waals surface area contributed by atoms with Crippen molar-refractivity contribution in [3.63, 3.8) is 0 Å². The molecule has 2 N–H and O–H groups in total. The Morgan fingerprint density at radius 2 is 1.95 bits per heavy atom. The fourth-order valence-electron chi connectivity index (χ4n) is 1.58.